The number of aromatic amines is 1. The average molecular weight is 357 g/mol. The van der Waals surface area contributed by atoms with Gasteiger partial charge in [-0.1, -0.05) is 6.07 Å². The number of amides is 1. The summed E-state index contributed by atoms with van der Waals surface area (Å²) in [5.74, 6) is -0.890. The Kier molecular flexibility index (Phi) is 5.05. The number of pyridine rings is 1. The number of nitro groups is 1. The maximum Gasteiger partial charge on any atom is 0.417 e. The standard InChI is InChI=1S/C14H10F3N3O5/c15-14(16,17)8-4-11(13(22)18-6-8)19-12(21)7-25-10-3-1-2-9(5-10)20(23)24/h1-6H,7H2,(H,18,22)(H,19,21). The summed E-state index contributed by atoms with van der Waals surface area (Å²) < 4.78 is 42.8. The highest BCUT2D eigenvalue weighted by atomic mass is 19.4. The number of carbonyl (C=O) groups is 1. The van der Waals surface area contributed by atoms with E-state index in [1.54, 1.807) is 0 Å². The van der Waals surface area contributed by atoms with Crippen molar-refractivity contribution in [3.05, 3.63) is 62.6 Å². The molecule has 1 amide bonds. The molecule has 0 aliphatic heterocycles. The summed E-state index contributed by atoms with van der Waals surface area (Å²) in [6, 6.07) is 5.48. The van der Waals surface area contributed by atoms with Crippen LogP contribution in [0.4, 0.5) is 24.5 Å². The van der Waals surface area contributed by atoms with Gasteiger partial charge in [-0.2, -0.15) is 13.2 Å². The minimum atomic E-state index is -4.69. The van der Waals surface area contributed by atoms with Gasteiger partial charge in [-0.05, 0) is 12.1 Å². The van der Waals surface area contributed by atoms with Gasteiger partial charge in [-0.15, -0.1) is 0 Å². The molecule has 0 spiro atoms. The van der Waals surface area contributed by atoms with Crippen LogP contribution in [0.25, 0.3) is 0 Å². The monoisotopic (exact) mass is 357 g/mol. The molecular weight excluding hydrogens is 347 g/mol. The fraction of sp³-hybridized carbons (Fsp3) is 0.143. The van der Waals surface area contributed by atoms with Gasteiger partial charge in [-0.25, -0.2) is 0 Å². The van der Waals surface area contributed by atoms with Crippen molar-refractivity contribution in [3.8, 4) is 5.75 Å². The van der Waals surface area contributed by atoms with Crippen molar-refractivity contribution < 1.29 is 27.6 Å². The Hall–Kier alpha value is -3.37. The molecule has 0 aliphatic carbocycles. The smallest absolute Gasteiger partial charge is 0.417 e. The van der Waals surface area contributed by atoms with Crippen LogP contribution in [0, 0.1) is 10.1 Å². The predicted molar refractivity (Wildman–Crippen MR) is 79.3 cm³/mol. The third-order valence-electron chi connectivity index (χ3n) is 2.90. The number of carbonyl (C=O) groups excluding carboxylic acids is 1. The second-order valence-corrected chi connectivity index (χ2v) is 4.72. The van der Waals surface area contributed by atoms with Crippen LogP contribution in [0.1, 0.15) is 5.56 Å². The summed E-state index contributed by atoms with van der Waals surface area (Å²) >= 11 is 0. The topological polar surface area (TPSA) is 114 Å². The number of alkyl halides is 3. The maximum atomic E-state index is 12.6. The van der Waals surface area contributed by atoms with Crippen LogP contribution in [-0.4, -0.2) is 22.4 Å². The van der Waals surface area contributed by atoms with Gasteiger partial charge in [-0.3, -0.25) is 19.7 Å². The number of rotatable bonds is 5. The molecule has 0 aliphatic rings. The second kappa shape index (κ2) is 7.03. The molecule has 0 bridgehead atoms. The van der Waals surface area contributed by atoms with Gasteiger partial charge in [0.25, 0.3) is 17.2 Å². The maximum absolute atomic E-state index is 12.6. The quantitative estimate of drug-likeness (QED) is 0.630. The van der Waals surface area contributed by atoms with Gasteiger partial charge in [0, 0.05) is 12.3 Å². The molecule has 2 rings (SSSR count). The summed E-state index contributed by atoms with van der Waals surface area (Å²) in [7, 11) is 0. The fourth-order valence-electron chi connectivity index (χ4n) is 1.76. The average Bonchev–Trinajstić information content (AvgIpc) is 2.54. The van der Waals surface area contributed by atoms with E-state index in [0.29, 0.717) is 12.3 Å². The Morgan fingerprint density at radius 3 is 2.68 bits per heavy atom. The van der Waals surface area contributed by atoms with Crippen LogP contribution in [0.15, 0.2) is 41.3 Å². The number of H-pyrrole nitrogens is 1. The first-order valence-corrected chi connectivity index (χ1v) is 6.64. The molecule has 25 heavy (non-hydrogen) atoms. The number of benzene rings is 1. The van der Waals surface area contributed by atoms with Crippen molar-refractivity contribution in [2.24, 2.45) is 0 Å². The molecular formula is C14H10F3N3O5. The van der Waals surface area contributed by atoms with Gasteiger partial charge < -0.3 is 15.0 Å². The number of nitrogens with zero attached hydrogens (tertiary/aromatic N) is 1. The van der Waals surface area contributed by atoms with Crippen LogP contribution in [0.2, 0.25) is 0 Å². The highest BCUT2D eigenvalue weighted by molar-refractivity contribution is 5.91. The first-order valence-electron chi connectivity index (χ1n) is 6.64. The van der Waals surface area contributed by atoms with E-state index in [-0.39, 0.29) is 11.4 Å². The lowest BCUT2D eigenvalue weighted by Crippen LogP contribution is -2.25. The van der Waals surface area contributed by atoms with Crippen molar-refractivity contribution in [3.63, 3.8) is 0 Å². The highest BCUT2D eigenvalue weighted by Gasteiger charge is 2.31. The fourth-order valence-corrected chi connectivity index (χ4v) is 1.76. The van der Waals surface area contributed by atoms with E-state index in [9.17, 15) is 32.9 Å². The van der Waals surface area contributed by atoms with Crippen molar-refractivity contribution in [1.82, 2.24) is 4.98 Å². The van der Waals surface area contributed by atoms with Gasteiger partial charge in [0.05, 0.1) is 16.6 Å². The predicted octanol–water partition coefficient (Wildman–Crippen LogP) is 2.32. The van der Waals surface area contributed by atoms with E-state index in [0.717, 1.165) is 6.07 Å². The molecule has 0 saturated carbocycles. The number of nitro benzene ring substituents is 1. The van der Waals surface area contributed by atoms with E-state index in [2.05, 4.69) is 0 Å². The van der Waals surface area contributed by atoms with E-state index >= 15 is 0 Å². The Bertz CT molecular complexity index is 863. The van der Waals surface area contributed by atoms with E-state index in [4.69, 9.17) is 4.74 Å². The number of anilines is 1. The lowest BCUT2D eigenvalue weighted by atomic mass is 10.2. The highest BCUT2D eigenvalue weighted by Crippen LogP contribution is 2.29. The lowest BCUT2D eigenvalue weighted by molar-refractivity contribution is -0.384. The number of halogens is 3. The summed E-state index contributed by atoms with van der Waals surface area (Å²) in [4.78, 5) is 35.0. The zero-order chi connectivity index (χ0) is 18.6. The SMILES string of the molecule is O=C(COc1cccc([N+](=O)[O-])c1)Nc1cc(C(F)(F)F)c[nH]c1=O. The third kappa shape index (κ3) is 4.80. The summed E-state index contributed by atoms with van der Waals surface area (Å²) in [6.45, 7) is -0.656. The third-order valence-corrected chi connectivity index (χ3v) is 2.90. The van der Waals surface area contributed by atoms with Gasteiger partial charge in [0.1, 0.15) is 11.4 Å². The Balaban J connectivity index is 2.05. The molecule has 2 N–H and O–H groups in total. The second-order valence-electron chi connectivity index (χ2n) is 4.72. The molecule has 2 aromatic rings. The number of hydrogen-bond donors (Lipinski definition) is 2. The molecule has 132 valence electrons. The number of hydrogen-bond acceptors (Lipinski definition) is 5. The Morgan fingerprint density at radius 2 is 2.04 bits per heavy atom. The zero-order valence-corrected chi connectivity index (χ0v) is 12.3. The first-order chi connectivity index (χ1) is 11.7. The van der Waals surface area contributed by atoms with E-state index in [1.165, 1.54) is 18.2 Å². The van der Waals surface area contributed by atoms with Gasteiger partial charge in [0.2, 0.25) is 0 Å². The molecule has 0 unspecified atom stereocenters. The molecule has 11 heteroatoms. The normalized spacial score (nSPS) is 11.0. The number of ether oxygens (including phenoxy) is 1. The summed E-state index contributed by atoms with van der Waals surface area (Å²) in [5, 5.41) is 12.6. The first kappa shape index (κ1) is 18.0. The minimum absolute atomic E-state index is 0.0160. The molecule has 1 heterocycles. The summed E-state index contributed by atoms with van der Waals surface area (Å²) in [5.41, 5.74) is -2.91. The Labute approximate surface area is 137 Å². The van der Waals surface area contributed by atoms with Crippen molar-refractivity contribution in [1.29, 1.82) is 0 Å². The number of non-ortho nitro benzene ring substituents is 1. The largest absolute Gasteiger partial charge is 0.484 e. The number of nitrogens with one attached hydrogen (secondary N) is 2. The Morgan fingerprint density at radius 1 is 1.32 bits per heavy atom. The number of aromatic nitrogens is 1. The summed E-state index contributed by atoms with van der Waals surface area (Å²) in [6.07, 6.45) is -4.21. The van der Waals surface area contributed by atoms with E-state index in [1.807, 2.05) is 10.3 Å². The van der Waals surface area contributed by atoms with Gasteiger partial charge >= 0.3 is 6.18 Å². The molecule has 8 nitrogen and oxygen atoms in total. The van der Waals surface area contributed by atoms with Crippen LogP contribution in [0.5, 0.6) is 5.75 Å². The van der Waals surface area contributed by atoms with Crippen molar-refractivity contribution >= 4 is 17.3 Å². The van der Waals surface area contributed by atoms with Crippen LogP contribution in [-0.2, 0) is 11.0 Å². The molecule has 1 aromatic heterocycles. The molecule has 0 radical (unpaired) electrons. The van der Waals surface area contributed by atoms with E-state index < -0.39 is 40.4 Å². The van der Waals surface area contributed by atoms with Gasteiger partial charge in [0.15, 0.2) is 6.61 Å². The van der Waals surface area contributed by atoms with Crippen molar-refractivity contribution in [2.75, 3.05) is 11.9 Å². The van der Waals surface area contributed by atoms with Crippen LogP contribution >= 0.6 is 0 Å². The lowest BCUT2D eigenvalue weighted by Gasteiger charge is -2.10. The molecule has 0 saturated heterocycles. The minimum Gasteiger partial charge on any atom is -0.484 e. The van der Waals surface area contributed by atoms with Crippen LogP contribution in [0.3, 0.4) is 0 Å². The molecule has 0 fully saturated rings. The molecule has 0 atom stereocenters. The van der Waals surface area contributed by atoms with Crippen molar-refractivity contribution in [2.45, 2.75) is 6.18 Å². The molecule has 1 aromatic carbocycles. The zero-order valence-electron chi connectivity index (χ0n) is 12.3. The van der Waals surface area contributed by atoms with Crippen LogP contribution < -0.4 is 15.6 Å².